The highest BCUT2D eigenvalue weighted by atomic mass is 35.5. The number of nitrogens with one attached hydrogen (secondary N) is 1. The molecule has 0 saturated heterocycles. The summed E-state index contributed by atoms with van der Waals surface area (Å²) in [5.41, 5.74) is 0.218. The molecule has 0 aliphatic carbocycles. The van der Waals surface area contributed by atoms with Gasteiger partial charge in [-0.15, -0.1) is 0 Å². The van der Waals surface area contributed by atoms with E-state index in [9.17, 15) is 12.8 Å². The van der Waals surface area contributed by atoms with Crippen LogP contribution in [0.5, 0.6) is 0 Å². The highest BCUT2D eigenvalue weighted by Crippen LogP contribution is 2.22. The van der Waals surface area contributed by atoms with Crippen molar-refractivity contribution in [1.82, 2.24) is 4.31 Å². The van der Waals surface area contributed by atoms with Crippen LogP contribution in [0.4, 0.5) is 10.1 Å². The Labute approximate surface area is 127 Å². The van der Waals surface area contributed by atoms with Gasteiger partial charge in [0.1, 0.15) is 11.6 Å². The molecule has 0 spiro atoms. The van der Waals surface area contributed by atoms with Gasteiger partial charge in [-0.2, -0.15) is 0 Å². The molecule has 2 aromatic rings. The van der Waals surface area contributed by atoms with Crippen molar-refractivity contribution in [3.05, 3.63) is 46.9 Å². The summed E-state index contributed by atoms with van der Waals surface area (Å²) in [4.78, 5) is 0. The number of anilines is 1. The van der Waals surface area contributed by atoms with Crippen LogP contribution in [0.3, 0.4) is 0 Å². The highest BCUT2D eigenvalue weighted by Gasteiger charge is 2.21. The van der Waals surface area contributed by atoms with Gasteiger partial charge in [0.05, 0.1) is 12.2 Å². The molecule has 0 saturated carbocycles. The Bertz CT molecular complexity index is 744. The van der Waals surface area contributed by atoms with Gasteiger partial charge < -0.3 is 9.73 Å². The van der Waals surface area contributed by atoms with Gasteiger partial charge in [-0.05, 0) is 30.3 Å². The largest absolute Gasteiger partial charge is 0.446 e. The summed E-state index contributed by atoms with van der Waals surface area (Å²) >= 11 is 5.78. The SMILES string of the molecule is CN(C)S(=O)(=O)c1ccc(CNc2cc(Cl)ccc2F)o1. The molecular formula is C13H14ClFN2O3S. The van der Waals surface area contributed by atoms with Gasteiger partial charge in [0.2, 0.25) is 5.09 Å². The van der Waals surface area contributed by atoms with Crippen molar-refractivity contribution >= 4 is 27.3 Å². The van der Waals surface area contributed by atoms with E-state index in [2.05, 4.69) is 5.32 Å². The van der Waals surface area contributed by atoms with Crippen molar-refractivity contribution in [3.8, 4) is 0 Å². The molecule has 5 nitrogen and oxygen atoms in total. The van der Waals surface area contributed by atoms with Crippen LogP contribution < -0.4 is 5.32 Å². The molecule has 0 amide bonds. The Balaban J connectivity index is 2.12. The van der Waals surface area contributed by atoms with Gasteiger partial charge in [0, 0.05) is 19.1 Å². The third-order valence-corrected chi connectivity index (χ3v) is 4.68. The monoisotopic (exact) mass is 332 g/mol. The maximum absolute atomic E-state index is 13.5. The van der Waals surface area contributed by atoms with E-state index in [1.54, 1.807) is 0 Å². The second-order valence-corrected chi connectivity index (χ2v) is 7.01. The zero-order valence-corrected chi connectivity index (χ0v) is 13.0. The molecule has 114 valence electrons. The van der Waals surface area contributed by atoms with E-state index in [0.717, 1.165) is 4.31 Å². The molecule has 0 atom stereocenters. The van der Waals surface area contributed by atoms with E-state index in [1.807, 2.05) is 0 Å². The second kappa shape index (κ2) is 6.05. The normalized spacial score (nSPS) is 11.9. The van der Waals surface area contributed by atoms with Crippen molar-refractivity contribution in [2.24, 2.45) is 0 Å². The molecule has 1 heterocycles. The van der Waals surface area contributed by atoms with E-state index in [-0.39, 0.29) is 17.3 Å². The molecule has 1 aromatic carbocycles. The van der Waals surface area contributed by atoms with Gasteiger partial charge >= 0.3 is 0 Å². The van der Waals surface area contributed by atoms with Crippen molar-refractivity contribution < 1.29 is 17.2 Å². The summed E-state index contributed by atoms with van der Waals surface area (Å²) in [7, 11) is -0.783. The van der Waals surface area contributed by atoms with Crippen LogP contribution in [0.2, 0.25) is 5.02 Å². The van der Waals surface area contributed by atoms with E-state index >= 15 is 0 Å². The zero-order valence-electron chi connectivity index (χ0n) is 11.4. The van der Waals surface area contributed by atoms with Crippen LogP contribution in [0.1, 0.15) is 5.76 Å². The van der Waals surface area contributed by atoms with Crippen LogP contribution in [-0.4, -0.2) is 26.8 Å². The molecule has 0 radical (unpaired) electrons. The summed E-state index contributed by atoms with van der Waals surface area (Å²) in [6.45, 7) is 0.139. The number of rotatable bonds is 5. The molecule has 21 heavy (non-hydrogen) atoms. The molecule has 8 heteroatoms. The predicted octanol–water partition coefficient (Wildman–Crippen LogP) is 2.93. The van der Waals surface area contributed by atoms with E-state index < -0.39 is 15.8 Å². The number of sulfonamides is 1. The molecule has 2 rings (SSSR count). The average molecular weight is 333 g/mol. The van der Waals surface area contributed by atoms with Crippen molar-refractivity contribution in [3.63, 3.8) is 0 Å². The minimum absolute atomic E-state index is 0.139. The first kappa shape index (κ1) is 15.8. The van der Waals surface area contributed by atoms with E-state index in [0.29, 0.717) is 10.8 Å². The number of benzene rings is 1. The molecular weight excluding hydrogens is 319 g/mol. The zero-order chi connectivity index (χ0) is 15.6. The number of hydrogen-bond acceptors (Lipinski definition) is 4. The maximum Gasteiger partial charge on any atom is 0.275 e. The summed E-state index contributed by atoms with van der Waals surface area (Å²) < 4.78 is 43.5. The van der Waals surface area contributed by atoms with Gasteiger partial charge in [-0.25, -0.2) is 17.1 Å². The first-order valence-corrected chi connectivity index (χ1v) is 7.82. The summed E-state index contributed by atoms with van der Waals surface area (Å²) in [5, 5.41) is 3.04. The van der Waals surface area contributed by atoms with Gasteiger partial charge in [0.15, 0.2) is 0 Å². The fraction of sp³-hybridized carbons (Fsp3) is 0.231. The standard InChI is InChI=1S/C13H14ClFN2O3S/c1-17(2)21(18,19)13-6-4-10(20-13)8-16-12-7-9(14)3-5-11(12)15/h3-7,16H,8H2,1-2H3. The van der Waals surface area contributed by atoms with Crippen LogP contribution in [0, 0.1) is 5.82 Å². The van der Waals surface area contributed by atoms with Crippen molar-refractivity contribution in [2.75, 3.05) is 19.4 Å². The summed E-state index contributed by atoms with van der Waals surface area (Å²) in [6.07, 6.45) is 0. The number of furan rings is 1. The third kappa shape index (κ3) is 3.55. The second-order valence-electron chi connectivity index (χ2n) is 4.49. The molecule has 1 N–H and O–H groups in total. The lowest BCUT2D eigenvalue weighted by atomic mass is 10.3. The van der Waals surface area contributed by atoms with Crippen LogP contribution in [-0.2, 0) is 16.6 Å². The predicted molar refractivity (Wildman–Crippen MR) is 78.3 cm³/mol. The fourth-order valence-electron chi connectivity index (χ4n) is 1.59. The Hall–Kier alpha value is -1.57. The first-order valence-electron chi connectivity index (χ1n) is 6.01. The lowest BCUT2D eigenvalue weighted by molar-refractivity contribution is 0.402. The average Bonchev–Trinajstić information content (AvgIpc) is 2.89. The topological polar surface area (TPSA) is 62.6 Å². The maximum atomic E-state index is 13.5. The molecule has 0 fully saturated rings. The van der Waals surface area contributed by atoms with Crippen LogP contribution >= 0.6 is 11.6 Å². The van der Waals surface area contributed by atoms with Crippen molar-refractivity contribution in [2.45, 2.75) is 11.6 Å². The third-order valence-electron chi connectivity index (χ3n) is 2.75. The summed E-state index contributed by atoms with van der Waals surface area (Å²) in [6, 6.07) is 7.01. The molecule has 0 aliphatic heterocycles. The quantitative estimate of drug-likeness (QED) is 0.914. The van der Waals surface area contributed by atoms with Gasteiger partial charge in [0.25, 0.3) is 10.0 Å². The number of nitrogens with zero attached hydrogens (tertiary/aromatic N) is 1. The minimum Gasteiger partial charge on any atom is -0.446 e. The van der Waals surface area contributed by atoms with Gasteiger partial charge in [-0.1, -0.05) is 11.6 Å². The molecule has 0 bridgehead atoms. The summed E-state index contributed by atoms with van der Waals surface area (Å²) in [5.74, 6) is -0.0816. The molecule has 1 aromatic heterocycles. The lowest BCUT2D eigenvalue weighted by Gasteiger charge is -2.08. The fourth-order valence-corrected chi connectivity index (χ4v) is 2.57. The Morgan fingerprint density at radius 2 is 2.00 bits per heavy atom. The Morgan fingerprint density at radius 1 is 1.29 bits per heavy atom. The van der Waals surface area contributed by atoms with Crippen LogP contribution in [0.15, 0.2) is 39.8 Å². The number of halogens is 2. The minimum atomic E-state index is -3.61. The molecule has 0 aliphatic rings. The molecule has 0 unspecified atom stereocenters. The van der Waals surface area contributed by atoms with Crippen LogP contribution in [0.25, 0.3) is 0 Å². The van der Waals surface area contributed by atoms with E-state index in [1.165, 1.54) is 44.4 Å². The van der Waals surface area contributed by atoms with Crippen molar-refractivity contribution in [1.29, 1.82) is 0 Å². The Kier molecular flexibility index (Phi) is 4.55. The Morgan fingerprint density at radius 3 is 2.67 bits per heavy atom. The van der Waals surface area contributed by atoms with E-state index in [4.69, 9.17) is 16.0 Å². The smallest absolute Gasteiger partial charge is 0.275 e. The highest BCUT2D eigenvalue weighted by molar-refractivity contribution is 7.88. The van der Waals surface area contributed by atoms with Gasteiger partial charge in [-0.3, -0.25) is 0 Å². The lowest BCUT2D eigenvalue weighted by Crippen LogP contribution is -2.21. The number of hydrogen-bond donors (Lipinski definition) is 1. The first-order chi connectivity index (χ1) is 9.80.